The molecule has 2 aromatic rings. The van der Waals surface area contributed by atoms with Gasteiger partial charge < -0.3 is 9.30 Å². The zero-order chi connectivity index (χ0) is 20.4. The SMILES string of the molecule is COCCn1c(C)cc(/C=C2\C(=O)NC(=O)N(c3ccccc3C)C2=O)c1C. The van der Waals surface area contributed by atoms with Crippen LogP contribution in [0.3, 0.4) is 0 Å². The van der Waals surface area contributed by atoms with E-state index in [-0.39, 0.29) is 5.57 Å². The highest BCUT2D eigenvalue weighted by atomic mass is 16.5. The van der Waals surface area contributed by atoms with Gasteiger partial charge in [0.15, 0.2) is 0 Å². The van der Waals surface area contributed by atoms with Crippen molar-refractivity contribution in [2.75, 3.05) is 18.6 Å². The third-order valence-electron chi connectivity index (χ3n) is 4.89. The van der Waals surface area contributed by atoms with E-state index in [1.807, 2.05) is 26.0 Å². The Labute approximate surface area is 163 Å². The van der Waals surface area contributed by atoms with E-state index in [1.165, 1.54) is 0 Å². The molecule has 0 bridgehead atoms. The van der Waals surface area contributed by atoms with Crippen molar-refractivity contribution in [1.29, 1.82) is 0 Å². The quantitative estimate of drug-likeness (QED) is 0.638. The zero-order valence-corrected chi connectivity index (χ0v) is 16.4. The molecule has 0 aliphatic carbocycles. The number of barbiturate groups is 1. The monoisotopic (exact) mass is 381 g/mol. The van der Waals surface area contributed by atoms with E-state index in [0.29, 0.717) is 18.8 Å². The molecule has 28 heavy (non-hydrogen) atoms. The lowest BCUT2D eigenvalue weighted by Gasteiger charge is -2.27. The zero-order valence-electron chi connectivity index (χ0n) is 16.4. The first-order chi connectivity index (χ1) is 13.3. The molecule has 0 spiro atoms. The average molecular weight is 381 g/mol. The van der Waals surface area contributed by atoms with Gasteiger partial charge in [0.25, 0.3) is 11.8 Å². The van der Waals surface area contributed by atoms with Gasteiger partial charge in [0, 0.05) is 25.0 Å². The smallest absolute Gasteiger partial charge is 0.335 e. The average Bonchev–Trinajstić information content (AvgIpc) is 2.91. The van der Waals surface area contributed by atoms with Crippen molar-refractivity contribution in [2.24, 2.45) is 0 Å². The third-order valence-corrected chi connectivity index (χ3v) is 4.89. The molecule has 7 nitrogen and oxygen atoms in total. The van der Waals surface area contributed by atoms with Gasteiger partial charge in [0.05, 0.1) is 12.3 Å². The summed E-state index contributed by atoms with van der Waals surface area (Å²) in [5.74, 6) is -1.33. The molecular formula is C21H23N3O4. The summed E-state index contributed by atoms with van der Waals surface area (Å²) in [6, 6.07) is 8.21. The maximum absolute atomic E-state index is 13.0. The number of methoxy groups -OCH3 is 1. The number of aromatic nitrogens is 1. The molecule has 4 amide bonds. The van der Waals surface area contributed by atoms with Crippen molar-refractivity contribution < 1.29 is 19.1 Å². The second-order valence-corrected chi connectivity index (χ2v) is 6.72. The van der Waals surface area contributed by atoms with E-state index in [9.17, 15) is 14.4 Å². The normalized spacial score (nSPS) is 16.1. The lowest BCUT2D eigenvalue weighted by Crippen LogP contribution is -2.54. The Bertz CT molecular complexity index is 988. The topological polar surface area (TPSA) is 80.6 Å². The second kappa shape index (κ2) is 7.82. The van der Waals surface area contributed by atoms with Gasteiger partial charge in [-0.3, -0.25) is 14.9 Å². The van der Waals surface area contributed by atoms with Crippen LogP contribution < -0.4 is 10.2 Å². The highest BCUT2D eigenvalue weighted by Crippen LogP contribution is 2.26. The number of amides is 4. The van der Waals surface area contributed by atoms with Crippen LogP contribution in [0.4, 0.5) is 10.5 Å². The number of para-hydroxylation sites is 1. The number of hydrogen-bond acceptors (Lipinski definition) is 4. The van der Waals surface area contributed by atoms with Gasteiger partial charge in [0.1, 0.15) is 5.57 Å². The molecule has 146 valence electrons. The Morgan fingerprint density at radius 3 is 2.50 bits per heavy atom. The van der Waals surface area contributed by atoms with Crippen LogP contribution in [0.5, 0.6) is 0 Å². The lowest BCUT2D eigenvalue weighted by atomic mass is 10.1. The first kappa shape index (κ1) is 19.6. The highest BCUT2D eigenvalue weighted by molar-refractivity contribution is 6.39. The number of hydrogen-bond donors (Lipinski definition) is 1. The molecule has 0 atom stereocenters. The summed E-state index contributed by atoms with van der Waals surface area (Å²) < 4.78 is 7.20. The fourth-order valence-corrected chi connectivity index (χ4v) is 3.35. The number of benzene rings is 1. The molecule has 0 unspecified atom stereocenters. The molecular weight excluding hydrogens is 358 g/mol. The molecule has 1 saturated heterocycles. The van der Waals surface area contributed by atoms with Crippen LogP contribution in [-0.4, -0.2) is 36.1 Å². The van der Waals surface area contributed by atoms with E-state index in [2.05, 4.69) is 9.88 Å². The van der Waals surface area contributed by atoms with Crippen LogP contribution in [0.25, 0.3) is 6.08 Å². The Kier molecular flexibility index (Phi) is 5.46. The van der Waals surface area contributed by atoms with Gasteiger partial charge in [-0.15, -0.1) is 0 Å². The number of carbonyl (C=O) groups is 3. The molecule has 1 N–H and O–H groups in total. The molecule has 1 aromatic carbocycles. The summed E-state index contributed by atoms with van der Waals surface area (Å²) in [6.45, 7) is 6.91. The Morgan fingerprint density at radius 2 is 1.82 bits per heavy atom. The van der Waals surface area contributed by atoms with Crippen LogP contribution in [0, 0.1) is 20.8 Å². The van der Waals surface area contributed by atoms with Crippen molar-refractivity contribution in [3.63, 3.8) is 0 Å². The Balaban J connectivity index is 2.02. The van der Waals surface area contributed by atoms with Gasteiger partial charge in [-0.05, 0) is 50.1 Å². The molecule has 7 heteroatoms. The first-order valence-electron chi connectivity index (χ1n) is 8.98. The number of ether oxygens (including phenoxy) is 1. The second-order valence-electron chi connectivity index (χ2n) is 6.72. The number of nitrogens with one attached hydrogen (secondary N) is 1. The molecule has 0 radical (unpaired) electrons. The standard InChI is InChI=1S/C21H23N3O4/c1-13-7-5-6-8-18(13)24-20(26)17(19(25)22-21(24)27)12-16-11-14(2)23(15(16)3)9-10-28-4/h5-8,11-12H,9-10H2,1-4H3,(H,22,25,27)/b17-12+. The Morgan fingerprint density at radius 1 is 1.11 bits per heavy atom. The number of anilines is 1. The predicted molar refractivity (Wildman–Crippen MR) is 106 cm³/mol. The number of carbonyl (C=O) groups excluding carboxylic acids is 3. The molecule has 0 saturated carbocycles. The maximum atomic E-state index is 13.0. The summed E-state index contributed by atoms with van der Waals surface area (Å²) in [7, 11) is 1.64. The minimum atomic E-state index is -0.744. The van der Waals surface area contributed by atoms with Crippen LogP contribution in [-0.2, 0) is 20.9 Å². The molecule has 2 heterocycles. The fraction of sp³-hybridized carbons (Fsp3) is 0.286. The van der Waals surface area contributed by atoms with Crippen molar-refractivity contribution in [3.05, 3.63) is 58.4 Å². The molecule has 1 aliphatic heterocycles. The van der Waals surface area contributed by atoms with E-state index >= 15 is 0 Å². The lowest BCUT2D eigenvalue weighted by molar-refractivity contribution is -0.122. The third kappa shape index (κ3) is 3.48. The van der Waals surface area contributed by atoms with Gasteiger partial charge in [-0.25, -0.2) is 9.69 Å². The molecule has 1 fully saturated rings. The van der Waals surface area contributed by atoms with E-state index in [0.717, 1.165) is 27.4 Å². The summed E-state index contributed by atoms with van der Waals surface area (Å²) in [5.41, 5.74) is 3.81. The molecule has 1 aliphatic rings. The van der Waals surface area contributed by atoms with Gasteiger partial charge in [0.2, 0.25) is 0 Å². The fourth-order valence-electron chi connectivity index (χ4n) is 3.35. The number of urea groups is 1. The number of imide groups is 2. The van der Waals surface area contributed by atoms with Crippen molar-refractivity contribution >= 4 is 29.6 Å². The minimum Gasteiger partial charge on any atom is -0.383 e. The highest BCUT2D eigenvalue weighted by Gasteiger charge is 2.37. The number of aryl methyl sites for hydroxylation is 2. The van der Waals surface area contributed by atoms with Crippen LogP contribution in [0.1, 0.15) is 22.5 Å². The summed E-state index contributed by atoms with van der Waals surface area (Å²) in [6.07, 6.45) is 1.54. The number of rotatable bonds is 5. The van der Waals surface area contributed by atoms with Gasteiger partial charge in [-0.2, -0.15) is 0 Å². The van der Waals surface area contributed by atoms with Crippen molar-refractivity contribution in [3.8, 4) is 0 Å². The first-order valence-corrected chi connectivity index (χ1v) is 8.98. The molecule has 3 rings (SSSR count). The Hall–Kier alpha value is -3.19. The summed E-state index contributed by atoms with van der Waals surface area (Å²) >= 11 is 0. The van der Waals surface area contributed by atoms with Gasteiger partial charge >= 0.3 is 6.03 Å². The summed E-state index contributed by atoms with van der Waals surface area (Å²) in [5, 5.41) is 2.26. The van der Waals surface area contributed by atoms with E-state index < -0.39 is 17.8 Å². The van der Waals surface area contributed by atoms with Crippen molar-refractivity contribution in [1.82, 2.24) is 9.88 Å². The summed E-state index contributed by atoms with van der Waals surface area (Å²) in [4.78, 5) is 38.8. The maximum Gasteiger partial charge on any atom is 0.335 e. The largest absolute Gasteiger partial charge is 0.383 e. The predicted octanol–water partition coefficient (Wildman–Crippen LogP) is 2.73. The van der Waals surface area contributed by atoms with Gasteiger partial charge in [-0.1, -0.05) is 18.2 Å². The van der Waals surface area contributed by atoms with E-state index in [1.54, 1.807) is 38.3 Å². The number of nitrogens with zero attached hydrogens (tertiary/aromatic N) is 2. The minimum absolute atomic E-state index is 0.0742. The molecule has 1 aromatic heterocycles. The van der Waals surface area contributed by atoms with E-state index in [4.69, 9.17) is 4.74 Å². The van der Waals surface area contributed by atoms with Crippen LogP contribution >= 0.6 is 0 Å². The van der Waals surface area contributed by atoms with Crippen LogP contribution in [0.2, 0.25) is 0 Å². The van der Waals surface area contributed by atoms with Crippen molar-refractivity contribution in [2.45, 2.75) is 27.3 Å². The van der Waals surface area contributed by atoms with Crippen LogP contribution in [0.15, 0.2) is 35.9 Å².